The number of hydrogen-bond acceptors (Lipinski definition) is 2. The van der Waals surface area contributed by atoms with Crippen LogP contribution in [0, 0.1) is 5.92 Å². The fraction of sp³-hybridized carbons (Fsp3) is 1.00. The average molecular weight is 241 g/mol. The molecular weight excluding hydrogens is 210 g/mol. The first-order valence-electron chi connectivity index (χ1n) is 7.61. The third-order valence-corrected chi connectivity index (χ3v) is 4.05. The Morgan fingerprint density at radius 1 is 1.24 bits per heavy atom. The molecule has 0 aliphatic carbocycles. The van der Waals surface area contributed by atoms with Crippen molar-refractivity contribution in [3.63, 3.8) is 0 Å². The molecule has 1 rings (SSSR count). The van der Waals surface area contributed by atoms with Crippen LogP contribution in [0.25, 0.3) is 0 Å². The second kappa shape index (κ2) is 8.93. The van der Waals surface area contributed by atoms with Crippen LogP contribution < -0.4 is 5.32 Å². The Balaban J connectivity index is 2.09. The largest absolute Gasteiger partial charge is 0.378 e. The van der Waals surface area contributed by atoms with Crippen molar-refractivity contribution in [1.82, 2.24) is 5.32 Å². The molecule has 3 unspecified atom stereocenters. The monoisotopic (exact) mass is 241 g/mol. The summed E-state index contributed by atoms with van der Waals surface area (Å²) in [5, 5.41) is 3.70. The van der Waals surface area contributed by atoms with E-state index < -0.39 is 0 Å². The second-order valence-corrected chi connectivity index (χ2v) is 5.59. The lowest BCUT2D eigenvalue weighted by atomic mass is 9.97. The van der Waals surface area contributed by atoms with Gasteiger partial charge < -0.3 is 10.1 Å². The van der Waals surface area contributed by atoms with Gasteiger partial charge in [0.1, 0.15) is 0 Å². The molecule has 0 radical (unpaired) electrons. The van der Waals surface area contributed by atoms with Crippen molar-refractivity contribution in [3.05, 3.63) is 0 Å². The van der Waals surface area contributed by atoms with Crippen LogP contribution in [-0.2, 0) is 4.74 Å². The van der Waals surface area contributed by atoms with Crippen molar-refractivity contribution >= 4 is 0 Å². The molecule has 102 valence electrons. The smallest absolute Gasteiger partial charge is 0.0587 e. The second-order valence-electron chi connectivity index (χ2n) is 5.59. The van der Waals surface area contributed by atoms with Crippen LogP contribution in [0.4, 0.5) is 0 Å². The van der Waals surface area contributed by atoms with E-state index in [0.29, 0.717) is 12.1 Å². The molecular formula is C15H31NO. The Morgan fingerprint density at radius 3 is 2.65 bits per heavy atom. The molecule has 1 heterocycles. The van der Waals surface area contributed by atoms with Gasteiger partial charge in [-0.05, 0) is 51.0 Å². The molecule has 17 heavy (non-hydrogen) atoms. The standard InChI is InChI=1S/C15H31NO/c1-4-13(3)12-14(5-2)16-10-9-15-8-6-7-11-17-15/h13-16H,4-12H2,1-3H3. The van der Waals surface area contributed by atoms with Crippen molar-refractivity contribution in [2.75, 3.05) is 13.2 Å². The van der Waals surface area contributed by atoms with Gasteiger partial charge in [-0.1, -0.05) is 27.2 Å². The third kappa shape index (κ3) is 6.42. The normalized spacial score (nSPS) is 24.5. The minimum atomic E-state index is 0.525. The zero-order chi connectivity index (χ0) is 12.5. The number of nitrogens with one attached hydrogen (secondary N) is 1. The van der Waals surface area contributed by atoms with Crippen LogP contribution in [-0.4, -0.2) is 25.3 Å². The maximum absolute atomic E-state index is 5.76. The number of rotatable bonds is 8. The highest BCUT2D eigenvalue weighted by atomic mass is 16.5. The summed E-state index contributed by atoms with van der Waals surface area (Å²) in [6.45, 7) is 9.04. The molecule has 2 heteroatoms. The van der Waals surface area contributed by atoms with E-state index in [-0.39, 0.29) is 0 Å². The summed E-state index contributed by atoms with van der Waals surface area (Å²) in [4.78, 5) is 0. The van der Waals surface area contributed by atoms with Crippen molar-refractivity contribution in [2.45, 2.75) is 77.9 Å². The molecule has 0 aromatic carbocycles. The first kappa shape index (κ1) is 15.0. The predicted molar refractivity (Wildman–Crippen MR) is 74.4 cm³/mol. The highest BCUT2D eigenvalue weighted by molar-refractivity contribution is 4.71. The molecule has 1 N–H and O–H groups in total. The minimum Gasteiger partial charge on any atom is -0.378 e. The summed E-state index contributed by atoms with van der Waals surface area (Å²) in [5.41, 5.74) is 0. The topological polar surface area (TPSA) is 21.3 Å². The molecule has 1 saturated heterocycles. The summed E-state index contributed by atoms with van der Waals surface area (Å²) in [7, 11) is 0. The molecule has 0 spiro atoms. The molecule has 1 aliphatic heterocycles. The van der Waals surface area contributed by atoms with E-state index in [1.807, 2.05) is 0 Å². The summed E-state index contributed by atoms with van der Waals surface area (Å²) in [5.74, 6) is 0.846. The molecule has 0 saturated carbocycles. The minimum absolute atomic E-state index is 0.525. The molecule has 0 aromatic rings. The lowest BCUT2D eigenvalue weighted by molar-refractivity contribution is 0.0111. The Morgan fingerprint density at radius 2 is 2.06 bits per heavy atom. The number of ether oxygens (including phenoxy) is 1. The van der Waals surface area contributed by atoms with E-state index in [2.05, 4.69) is 26.1 Å². The van der Waals surface area contributed by atoms with E-state index >= 15 is 0 Å². The molecule has 1 aliphatic rings. The van der Waals surface area contributed by atoms with Crippen molar-refractivity contribution in [1.29, 1.82) is 0 Å². The van der Waals surface area contributed by atoms with Crippen LogP contribution >= 0.6 is 0 Å². The molecule has 2 nitrogen and oxygen atoms in total. The van der Waals surface area contributed by atoms with Crippen LogP contribution in [0.3, 0.4) is 0 Å². The Bertz CT molecular complexity index is 178. The summed E-state index contributed by atoms with van der Waals surface area (Å²) in [6.07, 6.45) is 9.46. The van der Waals surface area contributed by atoms with Gasteiger partial charge in [-0.15, -0.1) is 0 Å². The van der Waals surface area contributed by atoms with Gasteiger partial charge in [0.15, 0.2) is 0 Å². The van der Waals surface area contributed by atoms with E-state index in [1.165, 1.54) is 44.9 Å². The van der Waals surface area contributed by atoms with Gasteiger partial charge in [0.2, 0.25) is 0 Å². The fourth-order valence-corrected chi connectivity index (χ4v) is 2.53. The van der Waals surface area contributed by atoms with E-state index in [9.17, 15) is 0 Å². The van der Waals surface area contributed by atoms with E-state index in [1.54, 1.807) is 0 Å². The summed E-state index contributed by atoms with van der Waals surface area (Å²) < 4.78 is 5.76. The zero-order valence-electron chi connectivity index (χ0n) is 12.0. The third-order valence-electron chi connectivity index (χ3n) is 4.05. The predicted octanol–water partition coefficient (Wildman–Crippen LogP) is 3.75. The van der Waals surface area contributed by atoms with Gasteiger partial charge in [0.05, 0.1) is 6.10 Å². The van der Waals surface area contributed by atoms with Gasteiger partial charge in [-0.3, -0.25) is 0 Å². The maximum atomic E-state index is 5.76. The Kier molecular flexibility index (Phi) is 7.87. The molecule has 0 aromatic heterocycles. The highest BCUT2D eigenvalue weighted by Gasteiger charge is 2.14. The van der Waals surface area contributed by atoms with Crippen LogP contribution in [0.2, 0.25) is 0 Å². The lowest BCUT2D eigenvalue weighted by Crippen LogP contribution is -2.33. The van der Waals surface area contributed by atoms with E-state index in [0.717, 1.165) is 19.1 Å². The Labute approximate surface area is 108 Å². The fourth-order valence-electron chi connectivity index (χ4n) is 2.53. The van der Waals surface area contributed by atoms with Crippen LogP contribution in [0.1, 0.15) is 65.7 Å². The zero-order valence-corrected chi connectivity index (χ0v) is 12.0. The van der Waals surface area contributed by atoms with Crippen molar-refractivity contribution < 1.29 is 4.74 Å². The maximum Gasteiger partial charge on any atom is 0.0587 e. The lowest BCUT2D eigenvalue weighted by Gasteiger charge is -2.25. The van der Waals surface area contributed by atoms with E-state index in [4.69, 9.17) is 4.74 Å². The van der Waals surface area contributed by atoms with Crippen LogP contribution in [0.5, 0.6) is 0 Å². The van der Waals surface area contributed by atoms with Crippen molar-refractivity contribution in [2.24, 2.45) is 5.92 Å². The summed E-state index contributed by atoms with van der Waals surface area (Å²) in [6, 6.07) is 0.702. The van der Waals surface area contributed by atoms with Gasteiger partial charge in [-0.2, -0.15) is 0 Å². The first-order chi connectivity index (χ1) is 8.26. The first-order valence-corrected chi connectivity index (χ1v) is 7.61. The van der Waals surface area contributed by atoms with Crippen LogP contribution in [0.15, 0.2) is 0 Å². The van der Waals surface area contributed by atoms with Gasteiger partial charge in [0.25, 0.3) is 0 Å². The highest BCUT2D eigenvalue weighted by Crippen LogP contribution is 2.16. The average Bonchev–Trinajstić information content (AvgIpc) is 2.38. The van der Waals surface area contributed by atoms with Gasteiger partial charge >= 0.3 is 0 Å². The summed E-state index contributed by atoms with van der Waals surface area (Å²) >= 11 is 0. The molecule has 0 bridgehead atoms. The van der Waals surface area contributed by atoms with Crippen molar-refractivity contribution in [3.8, 4) is 0 Å². The Hall–Kier alpha value is -0.0800. The molecule has 3 atom stereocenters. The van der Waals surface area contributed by atoms with Gasteiger partial charge in [-0.25, -0.2) is 0 Å². The quantitative estimate of drug-likeness (QED) is 0.699. The SMILES string of the molecule is CCC(C)CC(CC)NCCC1CCCCO1. The number of hydrogen-bond donors (Lipinski definition) is 1. The molecule has 0 amide bonds. The molecule has 1 fully saturated rings. The van der Waals surface area contributed by atoms with Gasteiger partial charge in [0, 0.05) is 12.6 Å².